The van der Waals surface area contributed by atoms with Gasteiger partial charge in [0.25, 0.3) is 5.56 Å². The summed E-state index contributed by atoms with van der Waals surface area (Å²) in [6.45, 7) is 6.06. The van der Waals surface area contributed by atoms with Gasteiger partial charge in [-0.1, -0.05) is 0 Å². The fraction of sp³-hybridized carbons (Fsp3) is 0.642. The van der Waals surface area contributed by atoms with Crippen molar-refractivity contribution >= 4 is 106 Å². The second-order valence-electron chi connectivity index (χ2n) is 26.5. The first-order chi connectivity index (χ1) is 60.0. The molecule has 9 aromatic rings. The quantitative estimate of drug-likeness (QED) is 0.0193. The van der Waals surface area contributed by atoms with Crippen LogP contribution in [0.15, 0.2) is 59.8 Å². The Labute approximate surface area is 721 Å². The summed E-state index contributed by atoms with van der Waals surface area (Å²) in [5, 5.41) is 0. The van der Waals surface area contributed by atoms with Crippen molar-refractivity contribution in [2.75, 3.05) is 218 Å². The molecule has 0 aliphatic carbocycles. The predicted molar refractivity (Wildman–Crippen MR) is 450 cm³/mol. The standard InChI is InChI=1S/2C15H26N5O7P.C15H25N4O7P.C12H22N3O7P.C10H15FN5O3P/c1-23-5-4-6-27-28(21,22)10-26-11(8-24-2)7-20-9-17-12-13(20)18-15(16)19-14(12)25-3;1-3-25-8-11(26-10-28(22,23)27-6-4-5-24-2)7-20-9-17-12-13(20)18-15(16)19-14(12)21;1-22-5-4-6-26-27(20,21)11-25-12(8-23-2)7-19-10-18-13-14(19)16-9-17-15(13)24-3;1-19-5-6-22-23(17,18)9-21-10(8-20-2)7-15-4-3-11(13)14-12(15)16;1-20(17,18)6-19-7(2-11)3-16-5-15-8-9(12)13-4-14-10(8)16/h9,11H,4-8,10H2,1-3H3,(H,21,22)(H2,16,18,19);9,11H,3-8,10H2,1-2H3,(H,22,23)(H3,16,18,19,21);9-10,12H,4-8,11H2,1-3H3,(H,20,21);3-4,10H,5-9H2,1-2H3,(H,17,18)(H2,13,14,16);4-5,7H,2-3,6H2,1H3,(H,17,18)(H2,12,13,14)/t2*11-;12-;10-;7-/m01001/s1. The van der Waals surface area contributed by atoms with Crippen molar-refractivity contribution < 1.29 is 141 Å². The number of nitrogens with zero attached hydrogens (tertiary/aromatic N) is 17. The van der Waals surface area contributed by atoms with E-state index in [9.17, 15) is 56.4 Å². The van der Waals surface area contributed by atoms with E-state index in [4.69, 9.17) is 117 Å². The summed E-state index contributed by atoms with van der Waals surface area (Å²) in [5.41, 5.74) is 24.7. The van der Waals surface area contributed by atoms with Crippen molar-refractivity contribution in [2.24, 2.45) is 0 Å². The number of rotatable bonds is 56. The minimum atomic E-state index is -3.92. The number of aromatic nitrogens is 18. The van der Waals surface area contributed by atoms with Gasteiger partial charge in [0.05, 0.1) is 156 Å². The van der Waals surface area contributed by atoms with Crippen molar-refractivity contribution in [1.82, 2.24) is 87.6 Å². The summed E-state index contributed by atoms with van der Waals surface area (Å²) in [7, 11) is -5.39. The lowest BCUT2D eigenvalue weighted by Crippen LogP contribution is -2.32. The third kappa shape index (κ3) is 39.5. The molecule has 0 amide bonds. The molecule has 9 heterocycles. The van der Waals surface area contributed by atoms with E-state index >= 15 is 0 Å². The molecule has 0 aliphatic heterocycles. The lowest BCUT2D eigenvalue weighted by Gasteiger charge is -2.20. The smallest absolute Gasteiger partial charge is 0.353 e. The first-order valence-electron chi connectivity index (χ1n) is 38.0. The summed E-state index contributed by atoms with van der Waals surface area (Å²) in [5.74, 6) is 0.981. The molecule has 0 aliphatic rings. The van der Waals surface area contributed by atoms with E-state index in [1.54, 1.807) is 38.8 Å². The Kier molecular flexibility index (Phi) is 48.5. The van der Waals surface area contributed by atoms with Crippen LogP contribution < -0.4 is 43.7 Å². The molecular formula is C67H114FN22O31P5. The van der Waals surface area contributed by atoms with Crippen LogP contribution in [0.25, 0.3) is 44.7 Å². The maximum absolute atomic E-state index is 12.9. The van der Waals surface area contributed by atoms with Crippen molar-refractivity contribution in [1.29, 1.82) is 0 Å². The Bertz CT molecular complexity index is 5060. The number of hydrogen-bond donors (Lipinski definition) is 10. The molecule has 0 spiro atoms. The second kappa shape index (κ2) is 56.4. The number of aromatic amines is 1. The van der Waals surface area contributed by atoms with E-state index in [0.29, 0.717) is 91.6 Å². The molecule has 0 fully saturated rings. The maximum Gasteiger partial charge on any atom is 0.353 e. The molecular weight excluding hydrogens is 1780 g/mol. The Balaban J connectivity index is 0.000000281. The SMILES string of the molecule is CCOC[C@@H](Cn1cnc2c(=O)[nH]c(N)nc21)OCP(=O)(O)OCCCOC.COCCCOP(=O)(O)CO[C@H](COC)Cn1cnc2c(OC)nc(N)nc21.COCCCOP(=O)(O)CO[C@H](COC)Cn1cnc2c(OC)ncnc21.COCCOP(=O)(O)CO[C@H](COC)Cn1ccc(N)nc1=O.CP(=O)(O)CO[C@H](CF)Cn1cnc2c(N)ncnc21. The molecule has 710 valence electrons. The van der Waals surface area contributed by atoms with Crippen molar-refractivity contribution in [3.05, 3.63) is 71.1 Å². The minimum absolute atomic E-state index is 0.0239. The highest BCUT2D eigenvalue weighted by Gasteiger charge is 2.29. The van der Waals surface area contributed by atoms with Crippen molar-refractivity contribution in [2.45, 2.75) is 89.4 Å². The normalized spacial score (nSPS) is 15.2. The van der Waals surface area contributed by atoms with Gasteiger partial charge in [0, 0.05) is 89.1 Å². The Morgan fingerprint density at radius 2 is 0.825 bits per heavy atom. The average molecular weight is 1900 g/mol. The van der Waals surface area contributed by atoms with Gasteiger partial charge in [-0.2, -0.15) is 24.9 Å². The first-order valence-corrected chi connectivity index (χ1v) is 47.3. The molecule has 0 saturated heterocycles. The molecule has 126 heavy (non-hydrogen) atoms. The number of hydrogen-bond acceptors (Lipinski definition) is 42. The van der Waals surface area contributed by atoms with Crippen LogP contribution in [0.4, 0.5) is 27.9 Å². The number of halogens is 1. The number of fused-ring (bicyclic) bond motifs is 4. The number of H-pyrrole nitrogens is 1. The Morgan fingerprint density at radius 3 is 1.26 bits per heavy atom. The number of nitrogen functional groups attached to an aromatic ring is 4. The number of alkyl halides is 1. The average Bonchev–Trinajstić information content (AvgIpc) is 1.66. The van der Waals surface area contributed by atoms with Gasteiger partial charge in [-0.05, 0) is 32.3 Å². The highest BCUT2D eigenvalue weighted by molar-refractivity contribution is 7.57. The summed E-state index contributed by atoms with van der Waals surface area (Å²) in [6.07, 6.45) is 6.16. The van der Waals surface area contributed by atoms with Crippen LogP contribution >= 0.6 is 37.8 Å². The highest BCUT2D eigenvalue weighted by atomic mass is 31.2. The molecule has 9 aromatic heterocycles. The second-order valence-corrected chi connectivity index (χ2v) is 36.0. The molecule has 14 N–H and O–H groups in total. The van der Waals surface area contributed by atoms with E-state index in [1.807, 2.05) is 6.92 Å². The molecule has 9 rings (SSSR count). The van der Waals surface area contributed by atoms with Crippen LogP contribution in [0.1, 0.15) is 26.2 Å². The van der Waals surface area contributed by atoms with Gasteiger partial charge in [-0.25, -0.2) is 44.1 Å². The van der Waals surface area contributed by atoms with E-state index in [-0.39, 0.29) is 126 Å². The Morgan fingerprint density at radius 1 is 0.429 bits per heavy atom. The third-order valence-corrected chi connectivity index (χ3v) is 21.0. The van der Waals surface area contributed by atoms with Gasteiger partial charge in [-0.15, -0.1) is 0 Å². The molecule has 53 nitrogen and oxygen atoms in total. The summed E-state index contributed by atoms with van der Waals surface area (Å²) < 4.78 is 177. The number of anilines is 4. The van der Waals surface area contributed by atoms with E-state index < -0.39 is 118 Å². The molecule has 0 radical (unpaired) electrons. The zero-order valence-corrected chi connectivity index (χ0v) is 75.9. The lowest BCUT2D eigenvalue weighted by atomic mass is 10.3. The van der Waals surface area contributed by atoms with Crippen LogP contribution in [-0.4, -0.2) is 338 Å². The van der Waals surface area contributed by atoms with Gasteiger partial charge >= 0.3 is 36.1 Å². The first kappa shape index (κ1) is 108. The molecule has 0 bridgehead atoms. The predicted octanol–water partition coefficient (Wildman–Crippen LogP) is 2.31. The molecule has 59 heteroatoms. The number of imidazole rings is 4. The van der Waals surface area contributed by atoms with Gasteiger partial charge < -0.3 is 155 Å². The van der Waals surface area contributed by atoms with Crippen LogP contribution in [-0.2, 0) is 135 Å². The van der Waals surface area contributed by atoms with Crippen molar-refractivity contribution in [3.8, 4) is 11.8 Å². The van der Waals surface area contributed by atoms with Gasteiger partial charge in [0.1, 0.15) is 68.5 Å². The van der Waals surface area contributed by atoms with Crippen molar-refractivity contribution in [3.63, 3.8) is 0 Å². The van der Waals surface area contributed by atoms with E-state index in [1.165, 1.54) is 98.2 Å². The number of methoxy groups -OCH3 is 9. The zero-order valence-electron chi connectivity index (χ0n) is 71.5. The molecule has 0 aromatic carbocycles. The van der Waals surface area contributed by atoms with E-state index in [2.05, 4.69) is 64.8 Å². The fourth-order valence-electron chi connectivity index (χ4n) is 10.4. The van der Waals surface area contributed by atoms with Gasteiger partial charge in [0.15, 0.2) is 45.0 Å². The number of ether oxygens (including phenoxy) is 15. The summed E-state index contributed by atoms with van der Waals surface area (Å²) in [6, 6.07) is 1.47. The molecule has 0 saturated carbocycles. The summed E-state index contributed by atoms with van der Waals surface area (Å²) >= 11 is 0. The molecule has 5 unspecified atom stereocenters. The monoisotopic (exact) mass is 1900 g/mol. The van der Waals surface area contributed by atoms with E-state index in [0.717, 1.165) is 6.66 Å². The Hall–Kier alpha value is -8.12. The van der Waals surface area contributed by atoms with Gasteiger partial charge in [0.2, 0.25) is 31.0 Å². The van der Waals surface area contributed by atoms with Crippen LogP contribution in [0.2, 0.25) is 0 Å². The maximum atomic E-state index is 12.9. The summed E-state index contributed by atoms with van der Waals surface area (Å²) in [4.78, 5) is 123. The van der Waals surface area contributed by atoms with Crippen LogP contribution in [0.5, 0.6) is 11.8 Å². The fourth-order valence-corrected chi connectivity index (χ4v) is 14.4. The molecule has 10 atom stereocenters. The van der Waals surface area contributed by atoms with Gasteiger partial charge in [-0.3, -0.25) is 37.2 Å². The zero-order chi connectivity index (χ0) is 92.9. The number of nitrogens with two attached hydrogens (primary N) is 4. The number of nitrogens with one attached hydrogen (secondary N) is 1. The minimum Gasteiger partial charge on any atom is -0.479 e. The lowest BCUT2D eigenvalue weighted by molar-refractivity contribution is -0.00976. The van der Waals surface area contributed by atoms with Crippen LogP contribution in [0, 0.1) is 0 Å². The third-order valence-electron chi connectivity index (χ3n) is 16.1. The topological polar surface area (TPSA) is 695 Å². The highest BCUT2D eigenvalue weighted by Crippen LogP contribution is 2.45. The van der Waals surface area contributed by atoms with Crippen LogP contribution in [0.3, 0.4) is 0 Å². The largest absolute Gasteiger partial charge is 0.479 e.